The van der Waals surface area contributed by atoms with Gasteiger partial charge in [0.15, 0.2) is 5.13 Å². The van der Waals surface area contributed by atoms with E-state index < -0.39 is 0 Å². The van der Waals surface area contributed by atoms with Crippen LogP contribution >= 0.6 is 11.3 Å². The summed E-state index contributed by atoms with van der Waals surface area (Å²) in [4.78, 5) is 16.0. The average molecular weight is 212 g/mol. The fourth-order valence-electron chi connectivity index (χ4n) is 1.04. The van der Waals surface area contributed by atoms with Gasteiger partial charge in [-0.15, -0.1) is 0 Å². The number of carbonyl (C=O) groups excluding carboxylic acids is 1. The number of esters is 1. The second-order valence-electron chi connectivity index (χ2n) is 3.17. The van der Waals surface area contributed by atoms with Crippen molar-refractivity contribution >= 4 is 22.4 Å². The van der Waals surface area contributed by atoms with Crippen LogP contribution in [0.3, 0.4) is 0 Å². The number of ether oxygens (including phenoxy) is 1. The average Bonchev–Trinajstić information content (AvgIpc) is 2.82. The smallest absolute Gasteiger partial charge is 0.350 e. The highest BCUT2D eigenvalue weighted by Crippen LogP contribution is 2.27. The summed E-state index contributed by atoms with van der Waals surface area (Å²) in [6, 6.07) is 0.566. The first kappa shape index (κ1) is 9.45. The lowest BCUT2D eigenvalue weighted by Gasteiger charge is -1.97. The topological polar surface area (TPSA) is 51.2 Å². The molecular weight excluding hydrogens is 200 g/mol. The van der Waals surface area contributed by atoms with Crippen molar-refractivity contribution in [1.82, 2.24) is 4.98 Å². The van der Waals surface area contributed by atoms with E-state index in [4.69, 9.17) is 4.74 Å². The summed E-state index contributed by atoms with van der Waals surface area (Å²) in [6.45, 7) is 2.20. The molecule has 4 nitrogen and oxygen atoms in total. The van der Waals surface area contributed by atoms with E-state index in [0.29, 0.717) is 17.5 Å². The van der Waals surface area contributed by atoms with Gasteiger partial charge in [0.05, 0.1) is 12.8 Å². The third kappa shape index (κ3) is 2.23. The SMILES string of the molecule is CCOC(=O)c1cnc(NC2CC2)s1. The standard InChI is InChI=1S/C9H12N2O2S/c1-2-13-8(12)7-5-10-9(14-7)11-6-3-4-6/h5-6H,2-4H2,1H3,(H,10,11). The van der Waals surface area contributed by atoms with Crippen molar-refractivity contribution in [3.8, 4) is 0 Å². The maximum absolute atomic E-state index is 11.3. The van der Waals surface area contributed by atoms with E-state index in [1.165, 1.54) is 24.2 Å². The zero-order chi connectivity index (χ0) is 9.97. The molecule has 0 aliphatic heterocycles. The van der Waals surface area contributed by atoms with Crippen LogP contribution in [0.2, 0.25) is 0 Å². The van der Waals surface area contributed by atoms with Crippen LogP contribution in [0.4, 0.5) is 5.13 Å². The van der Waals surface area contributed by atoms with Crippen molar-refractivity contribution < 1.29 is 9.53 Å². The fourth-order valence-corrected chi connectivity index (χ4v) is 1.83. The summed E-state index contributed by atoms with van der Waals surface area (Å²) in [5, 5.41) is 4.05. The first-order valence-corrected chi connectivity index (χ1v) is 5.50. The summed E-state index contributed by atoms with van der Waals surface area (Å²) in [7, 11) is 0. The number of carbonyl (C=O) groups is 1. The Hall–Kier alpha value is -1.10. The zero-order valence-electron chi connectivity index (χ0n) is 7.95. The van der Waals surface area contributed by atoms with Crippen molar-refractivity contribution in [2.24, 2.45) is 0 Å². The van der Waals surface area contributed by atoms with Crippen LogP contribution in [0.15, 0.2) is 6.20 Å². The van der Waals surface area contributed by atoms with Gasteiger partial charge in [-0.05, 0) is 19.8 Å². The van der Waals surface area contributed by atoms with Gasteiger partial charge in [0.1, 0.15) is 4.88 Å². The number of nitrogens with zero attached hydrogens (tertiary/aromatic N) is 1. The molecule has 1 aliphatic carbocycles. The van der Waals surface area contributed by atoms with E-state index in [2.05, 4.69) is 10.3 Å². The van der Waals surface area contributed by atoms with Crippen molar-refractivity contribution in [1.29, 1.82) is 0 Å². The molecule has 0 unspecified atom stereocenters. The van der Waals surface area contributed by atoms with Crippen LogP contribution in [0, 0.1) is 0 Å². The van der Waals surface area contributed by atoms with Gasteiger partial charge in [-0.25, -0.2) is 9.78 Å². The molecule has 1 heterocycles. The Bertz CT molecular complexity index is 333. The molecule has 1 aromatic heterocycles. The lowest BCUT2D eigenvalue weighted by Crippen LogP contribution is -2.01. The van der Waals surface area contributed by atoms with Gasteiger partial charge < -0.3 is 10.1 Å². The molecule has 1 aliphatic rings. The highest BCUT2D eigenvalue weighted by Gasteiger charge is 2.22. The van der Waals surface area contributed by atoms with Gasteiger partial charge in [-0.2, -0.15) is 0 Å². The van der Waals surface area contributed by atoms with Crippen LogP contribution in [-0.2, 0) is 4.74 Å². The van der Waals surface area contributed by atoms with Crippen molar-refractivity contribution in [3.05, 3.63) is 11.1 Å². The summed E-state index contributed by atoms with van der Waals surface area (Å²) in [5.74, 6) is -0.283. The number of rotatable bonds is 4. The van der Waals surface area contributed by atoms with Gasteiger partial charge in [-0.3, -0.25) is 0 Å². The Morgan fingerprint density at radius 2 is 2.57 bits per heavy atom. The molecule has 0 saturated heterocycles. The number of thiazole rings is 1. The molecule has 2 rings (SSSR count). The minimum Gasteiger partial charge on any atom is -0.462 e. The first-order chi connectivity index (χ1) is 6.79. The lowest BCUT2D eigenvalue weighted by atomic mass is 10.6. The number of nitrogens with one attached hydrogen (secondary N) is 1. The van der Waals surface area contributed by atoms with E-state index in [9.17, 15) is 4.79 Å². The van der Waals surface area contributed by atoms with Gasteiger partial charge in [0, 0.05) is 6.04 Å². The number of aromatic nitrogens is 1. The monoisotopic (exact) mass is 212 g/mol. The Morgan fingerprint density at radius 3 is 3.21 bits per heavy atom. The first-order valence-electron chi connectivity index (χ1n) is 4.69. The Balaban J connectivity index is 1.97. The minimum absolute atomic E-state index is 0.283. The number of hydrogen-bond acceptors (Lipinski definition) is 5. The molecule has 0 amide bonds. The maximum Gasteiger partial charge on any atom is 0.350 e. The lowest BCUT2D eigenvalue weighted by molar-refractivity contribution is 0.0532. The molecule has 0 radical (unpaired) electrons. The van der Waals surface area contributed by atoms with Crippen LogP contribution in [-0.4, -0.2) is 23.6 Å². The van der Waals surface area contributed by atoms with E-state index in [1.54, 1.807) is 13.1 Å². The third-order valence-electron chi connectivity index (χ3n) is 1.89. The summed E-state index contributed by atoms with van der Waals surface area (Å²) in [6.07, 6.45) is 3.97. The molecule has 1 fully saturated rings. The van der Waals surface area contributed by atoms with Gasteiger partial charge in [0.25, 0.3) is 0 Å². The van der Waals surface area contributed by atoms with Gasteiger partial charge in [-0.1, -0.05) is 11.3 Å². The number of anilines is 1. The molecule has 0 spiro atoms. The fraction of sp³-hybridized carbons (Fsp3) is 0.556. The van der Waals surface area contributed by atoms with E-state index in [-0.39, 0.29) is 5.97 Å². The molecule has 1 N–H and O–H groups in total. The summed E-state index contributed by atoms with van der Waals surface area (Å²) < 4.78 is 4.87. The van der Waals surface area contributed by atoms with Crippen LogP contribution in [0.5, 0.6) is 0 Å². The Morgan fingerprint density at radius 1 is 1.79 bits per heavy atom. The van der Waals surface area contributed by atoms with E-state index >= 15 is 0 Å². The maximum atomic E-state index is 11.3. The molecule has 1 aromatic rings. The second-order valence-corrected chi connectivity index (χ2v) is 4.20. The molecule has 0 atom stereocenters. The zero-order valence-corrected chi connectivity index (χ0v) is 8.76. The number of hydrogen-bond donors (Lipinski definition) is 1. The summed E-state index contributed by atoms with van der Waals surface area (Å²) >= 11 is 1.35. The molecule has 14 heavy (non-hydrogen) atoms. The quantitative estimate of drug-likeness (QED) is 0.774. The highest BCUT2D eigenvalue weighted by molar-refractivity contribution is 7.17. The van der Waals surface area contributed by atoms with Crippen molar-refractivity contribution in [2.75, 3.05) is 11.9 Å². The normalized spacial score (nSPS) is 15.2. The molecule has 0 aromatic carbocycles. The van der Waals surface area contributed by atoms with Gasteiger partial charge in [0.2, 0.25) is 0 Å². The van der Waals surface area contributed by atoms with Gasteiger partial charge >= 0.3 is 5.97 Å². The molecule has 1 saturated carbocycles. The van der Waals surface area contributed by atoms with E-state index in [1.807, 2.05) is 0 Å². The van der Waals surface area contributed by atoms with Crippen molar-refractivity contribution in [2.45, 2.75) is 25.8 Å². The second kappa shape index (κ2) is 3.96. The predicted molar refractivity (Wildman–Crippen MR) is 54.7 cm³/mol. The highest BCUT2D eigenvalue weighted by atomic mass is 32.1. The summed E-state index contributed by atoms with van der Waals surface area (Å²) in [5.41, 5.74) is 0. The Labute approximate surface area is 86.3 Å². The predicted octanol–water partition coefficient (Wildman–Crippen LogP) is 1.89. The van der Waals surface area contributed by atoms with E-state index in [0.717, 1.165) is 5.13 Å². The third-order valence-corrected chi connectivity index (χ3v) is 2.80. The molecular formula is C9H12N2O2S. The van der Waals surface area contributed by atoms with Crippen LogP contribution < -0.4 is 5.32 Å². The largest absolute Gasteiger partial charge is 0.462 e. The Kier molecular flexibility index (Phi) is 2.67. The molecule has 5 heteroatoms. The van der Waals surface area contributed by atoms with Crippen molar-refractivity contribution in [3.63, 3.8) is 0 Å². The van der Waals surface area contributed by atoms with Crippen LogP contribution in [0.1, 0.15) is 29.4 Å². The molecule has 76 valence electrons. The molecule has 0 bridgehead atoms. The van der Waals surface area contributed by atoms with Crippen LogP contribution in [0.25, 0.3) is 0 Å². The minimum atomic E-state index is -0.283.